The van der Waals surface area contributed by atoms with E-state index in [4.69, 9.17) is 9.47 Å². The first-order valence-electron chi connectivity index (χ1n) is 8.57. The Morgan fingerprint density at radius 3 is 2.80 bits per heavy atom. The van der Waals surface area contributed by atoms with Crippen molar-refractivity contribution in [1.29, 1.82) is 0 Å². The number of amides is 2. The first-order valence-corrected chi connectivity index (χ1v) is 8.57. The van der Waals surface area contributed by atoms with Crippen molar-refractivity contribution in [3.63, 3.8) is 0 Å². The molecule has 1 atom stereocenters. The second kappa shape index (κ2) is 8.37. The molecule has 0 spiro atoms. The molecular formula is C19H23N3O3. The number of likely N-dealkylation sites (N-methyl/N-ethyl adjacent to an activating group) is 1. The van der Waals surface area contributed by atoms with Gasteiger partial charge in [0.15, 0.2) is 17.6 Å². The number of para-hydroxylation sites is 2. The highest BCUT2D eigenvalue weighted by molar-refractivity contribution is 5.74. The van der Waals surface area contributed by atoms with Gasteiger partial charge >= 0.3 is 6.03 Å². The molecule has 2 aromatic rings. The van der Waals surface area contributed by atoms with Crippen molar-refractivity contribution < 1.29 is 14.3 Å². The van der Waals surface area contributed by atoms with Crippen molar-refractivity contribution in [3.05, 3.63) is 54.4 Å². The Bertz CT molecular complexity index is 693. The standard InChI is InChI=1S/C19H23N3O3/c1-2-22(19(23)21-12-10-15-7-5-6-11-20-15)13-16-14-24-17-8-3-4-9-18(17)25-16/h3-9,11,16H,2,10,12-14H2,1H3,(H,21,23)/t16-/m0/s1. The molecule has 1 aromatic heterocycles. The molecule has 3 rings (SSSR count). The molecular weight excluding hydrogens is 318 g/mol. The van der Waals surface area contributed by atoms with Crippen LogP contribution in [0.1, 0.15) is 12.6 Å². The lowest BCUT2D eigenvalue weighted by atomic mass is 10.2. The van der Waals surface area contributed by atoms with Crippen molar-refractivity contribution in [1.82, 2.24) is 15.2 Å². The Morgan fingerprint density at radius 2 is 2.04 bits per heavy atom. The van der Waals surface area contributed by atoms with Crippen LogP contribution < -0.4 is 14.8 Å². The van der Waals surface area contributed by atoms with Gasteiger partial charge in [-0.3, -0.25) is 4.98 Å². The summed E-state index contributed by atoms with van der Waals surface area (Å²) in [6.07, 6.45) is 2.30. The average molecular weight is 341 g/mol. The maximum atomic E-state index is 12.4. The summed E-state index contributed by atoms with van der Waals surface area (Å²) in [6, 6.07) is 13.3. The van der Waals surface area contributed by atoms with Crippen molar-refractivity contribution in [3.8, 4) is 11.5 Å². The third kappa shape index (κ3) is 4.62. The topological polar surface area (TPSA) is 63.7 Å². The second-order valence-electron chi connectivity index (χ2n) is 5.84. The Balaban J connectivity index is 1.48. The van der Waals surface area contributed by atoms with E-state index in [1.54, 1.807) is 11.1 Å². The molecule has 2 heterocycles. The summed E-state index contributed by atoms with van der Waals surface area (Å²) in [5, 5.41) is 2.94. The number of hydrogen-bond acceptors (Lipinski definition) is 4. The zero-order valence-corrected chi connectivity index (χ0v) is 14.4. The lowest BCUT2D eigenvalue weighted by molar-refractivity contribution is 0.0676. The fraction of sp³-hybridized carbons (Fsp3) is 0.368. The number of pyridine rings is 1. The molecule has 1 aliphatic heterocycles. The van der Waals surface area contributed by atoms with Gasteiger partial charge in [-0.2, -0.15) is 0 Å². The molecule has 0 fully saturated rings. The van der Waals surface area contributed by atoms with Crippen molar-refractivity contribution >= 4 is 6.03 Å². The SMILES string of the molecule is CCN(C[C@H]1COc2ccccc2O1)C(=O)NCCc1ccccn1. The molecule has 1 N–H and O–H groups in total. The number of carbonyl (C=O) groups excluding carboxylic acids is 1. The maximum Gasteiger partial charge on any atom is 0.317 e. The first-order chi connectivity index (χ1) is 12.3. The highest BCUT2D eigenvalue weighted by atomic mass is 16.6. The van der Waals surface area contributed by atoms with E-state index in [0.717, 1.165) is 17.2 Å². The highest BCUT2D eigenvalue weighted by Crippen LogP contribution is 2.30. The van der Waals surface area contributed by atoms with E-state index in [0.29, 0.717) is 32.7 Å². The lowest BCUT2D eigenvalue weighted by Crippen LogP contribution is -2.47. The average Bonchev–Trinajstić information content (AvgIpc) is 2.66. The Hall–Kier alpha value is -2.76. The number of rotatable bonds is 6. The van der Waals surface area contributed by atoms with Gasteiger partial charge in [0, 0.05) is 31.4 Å². The molecule has 0 saturated carbocycles. The molecule has 25 heavy (non-hydrogen) atoms. The predicted octanol–water partition coefficient (Wildman–Crippen LogP) is 2.50. The molecule has 1 aliphatic rings. The minimum absolute atomic E-state index is 0.0964. The van der Waals surface area contributed by atoms with E-state index in [1.165, 1.54) is 0 Å². The summed E-state index contributed by atoms with van der Waals surface area (Å²) in [5.74, 6) is 1.48. The third-order valence-corrected chi connectivity index (χ3v) is 4.04. The molecule has 6 heteroatoms. The number of aromatic nitrogens is 1. The van der Waals surface area contributed by atoms with Crippen LogP contribution in [0.4, 0.5) is 4.79 Å². The van der Waals surface area contributed by atoms with Gasteiger partial charge in [0.25, 0.3) is 0 Å². The zero-order chi connectivity index (χ0) is 17.5. The smallest absolute Gasteiger partial charge is 0.317 e. The fourth-order valence-electron chi connectivity index (χ4n) is 2.71. The van der Waals surface area contributed by atoms with Crippen LogP contribution in [0.2, 0.25) is 0 Å². The molecule has 0 saturated heterocycles. The Labute approximate surface area is 147 Å². The van der Waals surface area contributed by atoms with Crippen LogP contribution in [0.5, 0.6) is 11.5 Å². The van der Waals surface area contributed by atoms with Gasteiger partial charge in [-0.05, 0) is 31.2 Å². The van der Waals surface area contributed by atoms with Crippen molar-refractivity contribution in [2.45, 2.75) is 19.4 Å². The highest BCUT2D eigenvalue weighted by Gasteiger charge is 2.24. The predicted molar refractivity (Wildman–Crippen MR) is 94.9 cm³/mol. The molecule has 0 unspecified atom stereocenters. The largest absolute Gasteiger partial charge is 0.486 e. The van der Waals surface area contributed by atoms with E-state index < -0.39 is 0 Å². The van der Waals surface area contributed by atoms with Gasteiger partial charge in [-0.15, -0.1) is 0 Å². The second-order valence-corrected chi connectivity index (χ2v) is 5.84. The summed E-state index contributed by atoms with van der Waals surface area (Å²) < 4.78 is 11.6. The van der Waals surface area contributed by atoms with Crippen molar-refractivity contribution in [2.24, 2.45) is 0 Å². The summed E-state index contributed by atoms with van der Waals surface area (Å²) in [6.45, 7) is 4.04. The van der Waals surface area contributed by atoms with Crippen LogP contribution in [-0.2, 0) is 6.42 Å². The van der Waals surface area contributed by atoms with Crippen LogP contribution in [0.3, 0.4) is 0 Å². The minimum Gasteiger partial charge on any atom is -0.486 e. The third-order valence-electron chi connectivity index (χ3n) is 4.04. The minimum atomic E-state index is -0.170. The molecule has 0 aliphatic carbocycles. The van der Waals surface area contributed by atoms with E-state index >= 15 is 0 Å². The molecule has 0 bridgehead atoms. The van der Waals surface area contributed by atoms with Crippen molar-refractivity contribution in [2.75, 3.05) is 26.2 Å². The quantitative estimate of drug-likeness (QED) is 0.877. The number of nitrogens with zero attached hydrogens (tertiary/aromatic N) is 2. The number of ether oxygens (including phenoxy) is 2. The number of hydrogen-bond donors (Lipinski definition) is 1. The summed E-state index contributed by atoms with van der Waals surface area (Å²) in [4.78, 5) is 18.4. The number of benzene rings is 1. The molecule has 0 radical (unpaired) electrons. The number of nitrogens with one attached hydrogen (secondary N) is 1. The zero-order valence-electron chi connectivity index (χ0n) is 14.4. The summed E-state index contributed by atoms with van der Waals surface area (Å²) in [5.41, 5.74) is 0.964. The van der Waals surface area contributed by atoms with Crippen LogP contribution in [0, 0.1) is 0 Å². The van der Waals surface area contributed by atoms with Gasteiger partial charge < -0.3 is 19.7 Å². The van der Waals surface area contributed by atoms with Crippen LogP contribution >= 0.6 is 0 Å². The Kier molecular flexibility index (Phi) is 5.72. The van der Waals surface area contributed by atoms with E-state index in [2.05, 4.69) is 10.3 Å². The van der Waals surface area contributed by atoms with Gasteiger partial charge in [0.05, 0.1) is 6.54 Å². The number of urea groups is 1. The molecule has 2 amide bonds. The Morgan fingerprint density at radius 1 is 1.24 bits per heavy atom. The lowest BCUT2D eigenvalue weighted by Gasteiger charge is -2.30. The summed E-state index contributed by atoms with van der Waals surface area (Å²) >= 11 is 0. The van der Waals surface area contributed by atoms with Gasteiger partial charge in [-0.25, -0.2) is 4.79 Å². The normalized spacial score (nSPS) is 15.5. The summed E-state index contributed by atoms with van der Waals surface area (Å²) in [7, 11) is 0. The monoisotopic (exact) mass is 341 g/mol. The molecule has 132 valence electrons. The van der Waals surface area contributed by atoms with Crippen LogP contribution in [0.15, 0.2) is 48.7 Å². The van der Waals surface area contributed by atoms with Gasteiger partial charge in [0.1, 0.15) is 6.61 Å². The molecule has 6 nitrogen and oxygen atoms in total. The molecule has 1 aromatic carbocycles. The maximum absolute atomic E-state index is 12.4. The first kappa shape index (κ1) is 17.1. The van der Waals surface area contributed by atoms with E-state index in [-0.39, 0.29) is 12.1 Å². The van der Waals surface area contributed by atoms with Crippen LogP contribution in [0.25, 0.3) is 0 Å². The van der Waals surface area contributed by atoms with E-state index in [1.807, 2.05) is 49.4 Å². The van der Waals surface area contributed by atoms with Crippen LogP contribution in [-0.4, -0.2) is 48.3 Å². The van der Waals surface area contributed by atoms with Gasteiger partial charge in [0.2, 0.25) is 0 Å². The fourth-order valence-corrected chi connectivity index (χ4v) is 2.71. The van der Waals surface area contributed by atoms with E-state index in [9.17, 15) is 4.79 Å². The number of fused-ring (bicyclic) bond motifs is 1. The number of carbonyl (C=O) groups is 1. The van der Waals surface area contributed by atoms with Gasteiger partial charge in [-0.1, -0.05) is 18.2 Å².